The average Bonchev–Trinajstić information content (AvgIpc) is 2.54. The van der Waals surface area contributed by atoms with Crippen LogP contribution in [0.2, 0.25) is 0 Å². The Kier molecular flexibility index (Phi) is 5.17. The zero-order chi connectivity index (χ0) is 19.7. The molecule has 0 aliphatic heterocycles. The molecule has 2 aromatic rings. The largest absolute Gasteiger partial charge is 0.495 e. The molecule has 6 nitrogen and oxygen atoms in total. The van der Waals surface area contributed by atoms with E-state index in [0.29, 0.717) is 6.07 Å². The lowest BCUT2D eigenvalue weighted by molar-refractivity contribution is -0.138. The molecule has 0 saturated carbocycles. The van der Waals surface area contributed by atoms with Crippen molar-refractivity contribution >= 4 is 21.7 Å². The topological polar surface area (TPSA) is 92.7 Å². The molecule has 0 bridgehead atoms. The summed E-state index contributed by atoms with van der Waals surface area (Å²) in [6.07, 6.45) is -4.65. The number of sulfonamides is 1. The first-order valence-corrected chi connectivity index (χ1v) is 8.56. The average molecular weight is 389 g/mol. The van der Waals surface area contributed by atoms with Crippen LogP contribution in [0.4, 0.5) is 18.9 Å². The van der Waals surface area contributed by atoms with E-state index in [1.54, 1.807) is 0 Å². The van der Waals surface area contributed by atoms with Crippen molar-refractivity contribution < 1.29 is 36.2 Å². The van der Waals surface area contributed by atoms with Gasteiger partial charge in [-0.1, -0.05) is 6.07 Å². The first-order valence-electron chi connectivity index (χ1n) is 7.07. The molecule has 0 aliphatic rings. The highest BCUT2D eigenvalue weighted by atomic mass is 32.2. The van der Waals surface area contributed by atoms with Crippen molar-refractivity contribution in [3.05, 3.63) is 53.1 Å². The predicted molar refractivity (Wildman–Crippen MR) is 86.9 cm³/mol. The molecule has 0 atom stereocenters. The summed E-state index contributed by atoms with van der Waals surface area (Å²) in [5.41, 5.74) is -1.67. The molecule has 0 unspecified atom stereocenters. The summed E-state index contributed by atoms with van der Waals surface area (Å²) in [4.78, 5) is 10.5. The molecule has 2 rings (SSSR count). The summed E-state index contributed by atoms with van der Waals surface area (Å²) >= 11 is 0. The highest BCUT2D eigenvalue weighted by molar-refractivity contribution is 7.92. The van der Waals surface area contributed by atoms with E-state index in [1.807, 2.05) is 4.72 Å². The first-order chi connectivity index (χ1) is 12.0. The van der Waals surface area contributed by atoms with Gasteiger partial charge in [0.05, 0.1) is 18.2 Å². The van der Waals surface area contributed by atoms with Crippen molar-refractivity contribution in [1.82, 2.24) is 0 Å². The second-order valence-electron chi connectivity index (χ2n) is 5.30. The SMILES string of the molecule is COc1ccc(C(=O)O)cc1S(=O)(=O)Nc1ccc(C)c(C(F)(F)F)c1. The predicted octanol–water partition coefficient (Wildman–Crippen LogP) is 3.52. The molecular formula is C16H14F3NO5S. The summed E-state index contributed by atoms with van der Waals surface area (Å²) in [7, 11) is -3.21. The molecule has 0 saturated heterocycles. The second kappa shape index (κ2) is 6.87. The Morgan fingerprint density at radius 3 is 2.35 bits per heavy atom. The summed E-state index contributed by atoms with van der Waals surface area (Å²) in [5.74, 6) is -1.51. The van der Waals surface area contributed by atoms with Gasteiger partial charge in [0.25, 0.3) is 10.0 Å². The van der Waals surface area contributed by atoms with Crippen LogP contribution >= 0.6 is 0 Å². The van der Waals surface area contributed by atoms with Gasteiger partial charge in [0.15, 0.2) is 0 Å². The van der Waals surface area contributed by atoms with Gasteiger partial charge in [-0.05, 0) is 42.8 Å². The number of carboxylic acid groups (broad SMARTS) is 1. The van der Waals surface area contributed by atoms with Gasteiger partial charge in [0, 0.05) is 5.69 Å². The molecule has 0 radical (unpaired) electrons. The number of carbonyl (C=O) groups is 1. The maximum absolute atomic E-state index is 13.0. The third-order valence-electron chi connectivity index (χ3n) is 3.50. The van der Waals surface area contributed by atoms with Crippen LogP contribution in [0.5, 0.6) is 5.75 Å². The number of rotatable bonds is 5. The molecule has 0 heterocycles. The molecular weight excluding hydrogens is 375 g/mol. The summed E-state index contributed by atoms with van der Waals surface area (Å²) < 4.78 is 70.9. The summed E-state index contributed by atoms with van der Waals surface area (Å²) in [6, 6.07) is 6.13. The van der Waals surface area contributed by atoms with Crippen LogP contribution in [0.3, 0.4) is 0 Å². The minimum Gasteiger partial charge on any atom is -0.495 e. The van der Waals surface area contributed by atoms with Crippen LogP contribution < -0.4 is 9.46 Å². The van der Waals surface area contributed by atoms with Crippen LogP contribution in [-0.2, 0) is 16.2 Å². The standard InChI is InChI=1S/C16H14F3NO5S/c1-9-3-5-11(8-12(9)16(17,18)19)20-26(23,24)14-7-10(15(21)22)4-6-13(14)25-2/h3-8,20H,1-2H3,(H,21,22). The van der Waals surface area contributed by atoms with Crippen molar-refractivity contribution in [3.8, 4) is 5.75 Å². The van der Waals surface area contributed by atoms with E-state index in [1.165, 1.54) is 20.1 Å². The Labute approximate surface area is 147 Å². The van der Waals surface area contributed by atoms with Crippen LogP contribution in [0, 0.1) is 6.92 Å². The quantitative estimate of drug-likeness (QED) is 0.816. The Morgan fingerprint density at radius 1 is 1.15 bits per heavy atom. The van der Waals surface area contributed by atoms with Crippen LogP contribution in [0.15, 0.2) is 41.3 Å². The van der Waals surface area contributed by atoms with E-state index < -0.39 is 32.6 Å². The molecule has 0 aliphatic carbocycles. The Bertz CT molecular complexity index is 955. The molecule has 0 fully saturated rings. The molecule has 0 aromatic heterocycles. The number of hydrogen-bond acceptors (Lipinski definition) is 4. The fraction of sp³-hybridized carbons (Fsp3) is 0.188. The smallest absolute Gasteiger partial charge is 0.416 e. The van der Waals surface area contributed by atoms with E-state index in [9.17, 15) is 26.4 Å². The molecule has 2 aromatic carbocycles. The number of alkyl halides is 3. The van der Waals surface area contributed by atoms with E-state index in [2.05, 4.69) is 0 Å². The number of hydrogen-bond donors (Lipinski definition) is 2. The Morgan fingerprint density at radius 2 is 1.81 bits per heavy atom. The third kappa shape index (κ3) is 4.07. The van der Waals surface area contributed by atoms with Gasteiger partial charge in [0.1, 0.15) is 10.6 Å². The van der Waals surface area contributed by atoms with Crippen LogP contribution in [0.25, 0.3) is 0 Å². The van der Waals surface area contributed by atoms with Crippen LogP contribution in [0.1, 0.15) is 21.5 Å². The number of carboxylic acids is 1. The van der Waals surface area contributed by atoms with Gasteiger partial charge in [-0.15, -0.1) is 0 Å². The molecule has 2 N–H and O–H groups in total. The molecule has 26 heavy (non-hydrogen) atoms. The van der Waals surface area contributed by atoms with E-state index >= 15 is 0 Å². The number of ether oxygens (including phenoxy) is 1. The first kappa shape index (κ1) is 19.6. The van der Waals surface area contributed by atoms with Crippen molar-refractivity contribution in [3.63, 3.8) is 0 Å². The van der Waals surface area contributed by atoms with E-state index in [-0.39, 0.29) is 22.6 Å². The number of nitrogens with one attached hydrogen (secondary N) is 1. The molecule has 140 valence electrons. The van der Waals surface area contributed by atoms with Crippen molar-refractivity contribution in [2.24, 2.45) is 0 Å². The third-order valence-corrected chi connectivity index (χ3v) is 4.90. The number of anilines is 1. The maximum atomic E-state index is 13.0. The maximum Gasteiger partial charge on any atom is 0.416 e. The van der Waals surface area contributed by atoms with Gasteiger partial charge >= 0.3 is 12.1 Å². The summed E-state index contributed by atoms with van der Waals surface area (Å²) in [6.45, 7) is 1.25. The Balaban J connectivity index is 2.50. The summed E-state index contributed by atoms with van der Waals surface area (Å²) in [5, 5.41) is 9.00. The number of benzene rings is 2. The van der Waals surface area contributed by atoms with Gasteiger partial charge in [-0.25, -0.2) is 13.2 Å². The number of aromatic carboxylic acids is 1. The molecule has 0 spiro atoms. The number of halogens is 3. The molecule has 10 heteroatoms. The Hall–Kier alpha value is -2.75. The fourth-order valence-electron chi connectivity index (χ4n) is 2.22. The number of aryl methyl sites for hydroxylation is 1. The fourth-order valence-corrected chi connectivity index (χ4v) is 3.47. The lowest BCUT2D eigenvalue weighted by atomic mass is 10.1. The van der Waals surface area contributed by atoms with Gasteiger partial charge < -0.3 is 9.84 Å². The minimum atomic E-state index is -4.65. The van der Waals surface area contributed by atoms with Crippen molar-refractivity contribution in [2.75, 3.05) is 11.8 Å². The zero-order valence-electron chi connectivity index (χ0n) is 13.6. The van der Waals surface area contributed by atoms with E-state index in [4.69, 9.17) is 9.84 Å². The zero-order valence-corrected chi connectivity index (χ0v) is 14.4. The molecule has 0 amide bonds. The van der Waals surface area contributed by atoms with Crippen molar-refractivity contribution in [2.45, 2.75) is 18.0 Å². The normalized spacial score (nSPS) is 11.9. The monoisotopic (exact) mass is 389 g/mol. The van der Waals surface area contributed by atoms with E-state index in [0.717, 1.165) is 24.3 Å². The highest BCUT2D eigenvalue weighted by Gasteiger charge is 2.33. The van der Waals surface area contributed by atoms with Gasteiger partial charge in [0.2, 0.25) is 0 Å². The minimum absolute atomic E-state index is 0.0640. The van der Waals surface area contributed by atoms with Gasteiger partial charge in [-0.3, -0.25) is 4.72 Å². The number of methoxy groups -OCH3 is 1. The second-order valence-corrected chi connectivity index (χ2v) is 6.95. The lowest BCUT2D eigenvalue weighted by Gasteiger charge is -2.15. The van der Waals surface area contributed by atoms with Gasteiger partial charge in [-0.2, -0.15) is 13.2 Å². The van der Waals surface area contributed by atoms with Crippen molar-refractivity contribution in [1.29, 1.82) is 0 Å². The van der Waals surface area contributed by atoms with Crippen LogP contribution in [-0.4, -0.2) is 26.6 Å². The highest BCUT2D eigenvalue weighted by Crippen LogP contribution is 2.34. The lowest BCUT2D eigenvalue weighted by Crippen LogP contribution is -2.16.